The Morgan fingerprint density at radius 3 is 2.33 bits per heavy atom. The molecular weight excluding hydrogens is 302 g/mol. The molecule has 1 heterocycles. The van der Waals surface area contributed by atoms with Crippen LogP contribution >= 0.6 is 0 Å². The third kappa shape index (κ3) is 2.07. The zero-order valence-electron chi connectivity index (χ0n) is 11.2. The number of carbonyl (C=O) groups excluding carboxylic acids is 1. The highest BCUT2D eigenvalue weighted by Gasteiger charge is 2.55. The molecule has 0 amide bonds. The highest BCUT2D eigenvalue weighted by molar-refractivity contribution is 7.95. The van der Waals surface area contributed by atoms with Gasteiger partial charge in [0.15, 0.2) is 21.5 Å². The summed E-state index contributed by atoms with van der Waals surface area (Å²) >= 11 is 0. The third-order valence-corrected chi connectivity index (χ3v) is 5.19. The van der Waals surface area contributed by atoms with Gasteiger partial charge in [0, 0.05) is 6.26 Å². The topological polar surface area (TPSA) is 60.4 Å². The summed E-state index contributed by atoms with van der Waals surface area (Å²) in [5.41, 5.74) is -1.29. The molecule has 1 fully saturated rings. The molecule has 0 unspecified atom stereocenters. The first-order valence-electron chi connectivity index (χ1n) is 6.38. The minimum atomic E-state index is -3.71. The number of benzene rings is 1. The van der Waals surface area contributed by atoms with Gasteiger partial charge in [-0.3, -0.25) is 0 Å². The highest BCUT2D eigenvalue weighted by Crippen LogP contribution is 2.51. The molecule has 7 heteroatoms. The second kappa shape index (κ2) is 4.37. The Bertz CT molecular complexity index is 776. The fourth-order valence-electron chi connectivity index (χ4n) is 2.85. The van der Waals surface area contributed by atoms with Gasteiger partial charge in [0.05, 0.1) is 5.57 Å². The SMILES string of the molecule is CS(=O)(=O)C1=C(c2ccc(F)c(F)c2)C(=O)OC12CCC2. The van der Waals surface area contributed by atoms with Gasteiger partial charge in [-0.1, -0.05) is 6.07 Å². The molecule has 0 radical (unpaired) electrons. The van der Waals surface area contributed by atoms with Gasteiger partial charge in [-0.2, -0.15) is 0 Å². The molecule has 0 saturated heterocycles. The van der Waals surface area contributed by atoms with Crippen molar-refractivity contribution in [2.24, 2.45) is 0 Å². The summed E-state index contributed by atoms with van der Waals surface area (Å²) in [6, 6.07) is 2.85. The van der Waals surface area contributed by atoms with Crippen molar-refractivity contribution in [3.63, 3.8) is 0 Å². The first kappa shape index (κ1) is 14.2. The summed E-state index contributed by atoms with van der Waals surface area (Å²) in [6.07, 6.45) is 2.59. The van der Waals surface area contributed by atoms with Gasteiger partial charge < -0.3 is 4.74 Å². The standard InChI is InChI=1S/C14H12F2O4S/c1-21(18,19)12-11(8-3-4-9(15)10(16)7-8)13(17)20-14(12)5-2-6-14/h3-4,7H,2,5-6H2,1H3. The Kier molecular flexibility index (Phi) is 2.95. The molecule has 0 N–H and O–H groups in total. The normalized spacial score (nSPS) is 20.6. The van der Waals surface area contributed by atoms with Crippen molar-refractivity contribution in [2.75, 3.05) is 6.26 Å². The number of rotatable bonds is 2. The smallest absolute Gasteiger partial charge is 0.340 e. The predicted octanol–water partition coefficient (Wildman–Crippen LogP) is 2.20. The third-order valence-electron chi connectivity index (χ3n) is 3.87. The number of halogens is 2. The fourth-order valence-corrected chi connectivity index (χ4v) is 4.34. The van der Waals surface area contributed by atoms with Crippen LogP contribution in [0, 0.1) is 11.6 Å². The second-order valence-electron chi connectivity index (χ2n) is 5.34. The van der Waals surface area contributed by atoms with Crippen LogP contribution < -0.4 is 0 Å². The van der Waals surface area contributed by atoms with E-state index in [0.717, 1.165) is 24.8 Å². The molecule has 1 aromatic rings. The molecule has 0 atom stereocenters. The summed E-state index contributed by atoms with van der Waals surface area (Å²) in [6.45, 7) is 0. The lowest BCUT2D eigenvalue weighted by Gasteiger charge is -2.37. The van der Waals surface area contributed by atoms with E-state index in [1.807, 2.05) is 0 Å². The minimum Gasteiger partial charge on any atom is -0.450 e. The van der Waals surface area contributed by atoms with E-state index in [4.69, 9.17) is 4.74 Å². The highest BCUT2D eigenvalue weighted by atomic mass is 32.2. The maximum absolute atomic E-state index is 13.4. The van der Waals surface area contributed by atoms with Crippen LogP contribution in [0.2, 0.25) is 0 Å². The van der Waals surface area contributed by atoms with Crippen LogP contribution in [0.3, 0.4) is 0 Å². The van der Waals surface area contributed by atoms with E-state index in [-0.39, 0.29) is 16.0 Å². The van der Waals surface area contributed by atoms with Crippen molar-refractivity contribution in [1.29, 1.82) is 0 Å². The van der Waals surface area contributed by atoms with E-state index < -0.39 is 33.0 Å². The average molecular weight is 314 g/mol. The molecule has 112 valence electrons. The van der Waals surface area contributed by atoms with Crippen molar-refractivity contribution in [1.82, 2.24) is 0 Å². The maximum Gasteiger partial charge on any atom is 0.340 e. The molecule has 3 rings (SSSR count). The molecule has 4 nitrogen and oxygen atoms in total. The van der Waals surface area contributed by atoms with E-state index >= 15 is 0 Å². The van der Waals surface area contributed by atoms with Crippen LogP contribution in [0.25, 0.3) is 5.57 Å². The van der Waals surface area contributed by atoms with Crippen molar-refractivity contribution >= 4 is 21.4 Å². The van der Waals surface area contributed by atoms with Crippen LogP contribution in [-0.2, 0) is 19.4 Å². The first-order chi connectivity index (χ1) is 9.74. The molecule has 1 aliphatic heterocycles. The van der Waals surface area contributed by atoms with Gasteiger partial charge in [-0.15, -0.1) is 0 Å². The van der Waals surface area contributed by atoms with Crippen LogP contribution in [0.15, 0.2) is 23.1 Å². The number of hydrogen-bond donors (Lipinski definition) is 0. The molecule has 1 saturated carbocycles. The van der Waals surface area contributed by atoms with Crippen LogP contribution in [0.5, 0.6) is 0 Å². The van der Waals surface area contributed by atoms with Gasteiger partial charge in [0.2, 0.25) is 0 Å². The van der Waals surface area contributed by atoms with E-state index in [1.165, 1.54) is 6.07 Å². The first-order valence-corrected chi connectivity index (χ1v) is 8.27. The molecular formula is C14H12F2O4S. The Morgan fingerprint density at radius 2 is 1.86 bits per heavy atom. The Balaban J connectivity index is 2.27. The zero-order chi connectivity index (χ0) is 15.4. The number of sulfone groups is 1. The number of carbonyl (C=O) groups is 1. The van der Waals surface area contributed by atoms with Crippen molar-refractivity contribution in [2.45, 2.75) is 24.9 Å². The Labute approximate surface area is 120 Å². The van der Waals surface area contributed by atoms with E-state index in [0.29, 0.717) is 12.8 Å². The zero-order valence-corrected chi connectivity index (χ0v) is 12.0. The predicted molar refractivity (Wildman–Crippen MR) is 70.8 cm³/mol. The van der Waals surface area contributed by atoms with Crippen LogP contribution in [0.1, 0.15) is 24.8 Å². The summed E-state index contributed by atoms with van der Waals surface area (Å²) in [5, 5.41) is 0. The minimum absolute atomic E-state index is 0.0168. The summed E-state index contributed by atoms with van der Waals surface area (Å²) in [5.74, 6) is -3.01. The number of ether oxygens (including phenoxy) is 1. The molecule has 2 aliphatic rings. The lowest BCUT2D eigenvalue weighted by molar-refractivity contribution is -0.150. The van der Waals surface area contributed by atoms with Crippen LogP contribution in [0.4, 0.5) is 8.78 Å². The van der Waals surface area contributed by atoms with Crippen molar-refractivity contribution in [3.05, 3.63) is 40.3 Å². The molecule has 0 bridgehead atoms. The van der Waals surface area contributed by atoms with Gasteiger partial charge >= 0.3 is 5.97 Å². The van der Waals surface area contributed by atoms with Gasteiger partial charge in [-0.05, 0) is 37.0 Å². The molecule has 1 spiro atoms. The quantitative estimate of drug-likeness (QED) is 0.785. The fraction of sp³-hybridized carbons (Fsp3) is 0.357. The summed E-state index contributed by atoms with van der Waals surface area (Å²) in [4.78, 5) is 12.0. The van der Waals surface area contributed by atoms with Gasteiger partial charge in [0.1, 0.15) is 10.5 Å². The maximum atomic E-state index is 13.4. The second-order valence-corrected chi connectivity index (χ2v) is 7.30. The van der Waals surface area contributed by atoms with E-state index in [2.05, 4.69) is 0 Å². The monoisotopic (exact) mass is 314 g/mol. The van der Waals surface area contributed by atoms with E-state index in [1.54, 1.807) is 0 Å². The molecule has 1 aromatic carbocycles. The summed E-state index contributed by atoms with van der Waals surface area (Å²) < 4.78 is 55.8. The molecule has 0 aromatic heterocycles. The Hall–Kier alpha value is -1.76. The van der Waals surface area contributed by atoms with Gasteiger partial charge in [-0.25, -0.2) is 22.0 Å². The average Bonchev–Trinajstić information content (AvgIpc) is 2.66. The summed E-state index contributed by atoms with van der Waals surface area (Å²) in [7, 11) is -3.71. The molecule has 21 heavy (non-hydrogen) atoms. The lowest BCUT2D eigenvalue weighted by atomic mass is 9.79. The van der Waals surface area contributed by atoms with Gasteiger partial charge in [0.25, 0.3) is 0 Å². The number of hydrogen-bond acceptors (Lipinski definition) is 4. The largest absolute Gasteiger partial charge is 0.450 e. The van der Waals surface area contributed by atoms with Crippen LogP contribution in [-0.4, -0.2) is 26.2 Å². The molecule has 1 aliphatic carbocycles. The Morgan fingerprint density at radius 1 is 1.19 bits per heavy atom. The van der Waals surface area contributed by atoms with Crippen molar-refractivity contribution < 1.29 is 26.7 Å². The lowest BCUT2D eigenvalue weighted by Crippen LogP contribution is -2.41. The van der Waals surface area contributed by atoms with Crippen molar-refractivity contribution in [3.8, 4) is 0 Å². The van der Waals surface area contributed by atoms with E-state index in [9.17, 15) is 22.0 Å². The number of esters is 1.